The maximum Gasteiger partial charge on any atom is 0.337 e. The van der Waals surface area contributed by atoms with Crippen LogP contribution in [0.2, 0.25) is 0 Å². The van der Waals surface area contributed by atoms with Crippen molar-refractivity contribution < 1.29 is 32.3 Å². The lowest BCUT2D eigenvalue weighted by Gasteiger charge is -2.11. The number of ether oxygens (including phenoxy) is 1. The fourth-order valence-corrected chi connectivity index (χ4v) is 1.82. The lowest BCUT2D eigenvalue weighted by Crippen LogP contribution is -2.07. The summed E-state index contributed by atoms with van der Waals surface area (Å²) in [5, 5.41) is 0. The molecule has 0 aromatic heterocycles. The predicted molar refractivity (Wildman–Crippen MR) is 57.5 cm³/mol. The molecule has 100 valence electrons. The van der Waals surface area contributed by atoms with Crippen LogP contribution in [0.25, 0.3) is 0 Å². The van der Waals surface area contributed by atoms with Crippen molar-refractivity contribution in [1.82, 2.24) is 0 Å². The zero-order valence-electron chi connectivity index (χ0n) is 9.71. The van der Waals surface area contributed by atoms with Crippen LogP contribution in [0.3, 0.4) is 0 Å². The molecule has 1 aromatic rings. The first-order chi connectivity index (χ1) is 8.38. The van der Waals surface area contributed by atoms with Crippen molar-refractivity contribution in [1.29, 1.82) is 0 Å². The van der Waals surface area contributed by atoms with Gasteiger partial charge in [0.05, 0.1) is 24.7 Å². The summed E-state index contributed by atoms with van der Waals surface area (Å²) in [7, 11) is -2.25. The van der Waals surface area contributed by atoms with Gasteiger partial charge >= 0.3 is 5.97 Å². The van der Waals surface area contributed by atoms with E-state index in [9.17, 15) is 17.8 Å². The van der Waals surface area contributed by atoms with Crippen LogP contribution in [-0.2, 0) is 31.2 Å². The van der Waals surface area contributed by atoms with Crippen LogP contribution in [0.15, 0.2) is 23.1 Å². The molecule has 0 atom stereocenters. The van der Waals surface area contributed by atoms with E-state index < -0.39 is 21.0 Å². The van der Waals surface area contributed by atoms with Gasteiger partial charge in [0.2, 0.25) is 0 Å². The molecule has 18 heavy (non-hydrogen) atoms. The van der Waals surface area contributed by atoms with Crippen molar-refractivity contribution in [2.24, 2.45) is 0 Å². The Balaban J connectivity index is 3.24. The minimum atomic E-state index is -4.67. The van der Waals surface area contributed by atoms with Gasteiger partial charge in [-0.2, -0.15) is 0 Å². The first kappa shape index (κ1) is 14.6. The Morgan fingerprint density at radius 1 is 1.28 bits per heavy atom. The first-order valence-corrected chi connectivity index (χ1v) is 6.13. The van der Waals surface area contributed by atoms with Crippen molar-refractivity contribution in [2.75, 3.05) is 14.2 Å². The van der Waals surface area contributed by atoms with Crippen molar-refractivity contribution in [3.8, 4) is 0 Å². The van der Waals surface area contributed by atoms with Crippen LogP contribution in [-0.4, -0.2) is 33.2 Å². The second kappa shape index (κ2) is 5.91. The summed E-state index contributed by atoms with van der Waals surface area (Å²) in [5.74, 6) is -0.751. The molecule has 0 N–H and O–H groups in total. The highest BCUT2D eigenvalue weighted by Gasteiger charge is 2.12. The molecule has 0 aliphatic carbocycles. The maximum absolute atomic E-state index is 11.3. The Bertz CT molecular complexity index is 535. The predicted octanol–water partition coefficient (Wildman–Crippen LogP) is 0.455. The molecule has 0 saturated carbocycles. The van der Waals surface area contributed by atoms with Crippen LogP contribution in [0.4, 0.5) is 0 Å². The van der Waals surface area contributed by atoms with Crippen LogP contribution in [0.5, 0.6) is 0 Å². The van der Waals surface area contributed by atoms with E-state index in [2.05, 4.69) is 14.5 Å². The van der Waals surface area contributed by atoms with Gasteiger partial charge in [-0.15, -0.1) is 0 Å². The number of rotatable bonds is 5. The molecule has 0 radical (unpaired) electrons. The average molecular weight is 275 g/mol. The van der Waals surface area contributed by atoms with Gasteiger partial charge < -0.3 is 9.29 Å². The van der Waals surface area contributed by atoms with Gasteiger partial charge in [-0.3, -0.25) is 0 Å². The van der Waals surface area contributed by atoms with Gasteiger partial charge in [0.15, 0.2) is 0 Å². The van der Waals surface area contributed by atoms with Gasteiger partial charge in [0, 0.05) is 0 Å². The molecule has 0 aliphatic heterocycles. The Labute approximate surface area is 104 Å². The molecule has 0 bridgehead atoms. The third kappa shape index (κ3) is 3.77. The van der Waals surface area contributed by atoms with Crippen LogP contribution >= 0.6 is 0 Å². The average Bonchev–Trinajstić information content (AvgIpc) is 2.33. The Morgan fingerprint density at radius 3 is 2.44 bits per heavy atom. The minimum Gasteiger partial charge on any atom is -0.744 e. The largest absolute Gasteiger partial charge is 0.744 e. The quantitative estimate of drug-likeness (QED) is 0.333. The highest BCUT2D eigenvalue weighted by molar-refractivity contribution is 7.85. The molecule has 0 saturated heterocycles. The maximum atomic E-state index is 11.3. The van der Waals surface area contributed by atoms with E-state index in [1.807, 2.05) is 0 Å². The van der Waals surface area contributed by atoms with Gasteiger partial charge in [-0.1, -0.05) is 0 Å². The summed E-state index contributed by atoms with van der Waals surface area (Å²) in [6, 6.07) is 3.40. The van der Waals surface area contributed by atoms with Crippen molar-refractivity contribution in [3.63, 3.8) is 0 Å². The normalized spacial score (nSPS) is 11.3. The molecule has 0 spiro atoms. The van der Waals surface area contributed by atoms with Crippen LogP contribution < -0.4 is 0 Å². The summed E-state index contributed by atoms with van der Waals surface area (Å²) in [4.78, 5) is 19.8. The molecule has 0 aliphatic rings. The van der Waals surface area contributed by atoms with Gasteiger partial charge in [0.1, 0.15) is 16.7 Å². The molecule has 0 unspecified atom stereocenters. The topological polar surface area (TPSA) is 102 Å². The molecule has 8 heteroatoms. The van der Waals surface area contributed by atoms with E-state index in [0.717, 1.165) is 19.2 Å². The van der Waals surface area contributed by atoms with E-state index in [1.54, 1.807) is 0 Å². The van der Waals surface area contributed by atoms with Crippen LogP contribution in [0.1, 0.15) is 15.9 Å². The standard InChI is InChI=1S/C10H12O7S/c1-15-10(11)8-3-7(6-17-16-2)4-9(5-8)18(12,13)14/h3-5H,6H2,1-2H3,(H,12,13,14)/p-1. The second-order valence-corrected chi connectivity index (χ2v) is 4.62. The lowest BCUT2D eigenvalue weighted by atomic mass is 10.1. The fourth-order valence-electron chi connectivity index (χ4n) is 1.25. The third-order valence-corrected chi connectivity index (χ3v) is 2.83. The molecule has 0 amide bonds. The SMILES string of the molecule is COOCc1cc(C(=O)OC)cc(S(=O)(=O)[O-])c1. The summed E-state index contributed by atoms with van der Waals surface area (Å²) in [6.07, 6.45) is 0. The zero-order valence-corrected chi connectivity index (χ0v) is 10.5. The Morgan fingerprint density at radius 2 is 1.94 bits per heavy atom. The number of carbonyl (C=O) groups excluding carboxylic acids is 1. The molecule has 7 nitrogen and oxygen atoms in total. The van der Waals surface area contributed by atoms with E-state index >= 15 is 0 Å². The zero-order chi connectivity index (χ0) is 13.8. The Kier molecular flexibility index (Phi) is 4.79. The van der Waals surface area contributed by atoms with Gasteiger partial charge in [0.25, 0.3) is 0 Å². The molecule has 0 heterocycles. The lowest BCUT2D eigenvalue weighted by molar-refractivity contribution is -0.282. The number of esters is 1. The van der Waals surface area contributed by atoms with Gasteiger partial charge in [-0.05, 0) is 23.8 Å². The number of methoxy groups -OCH3 is 1. The highest BCUT2D eigenvalue weighted by Crippen LogP contribution is 2.16. The monoisotopic (exact) mass is 275 g/mol. The first-order valence-electron chi connectivity index (χ1n) is 4.72. The van der Waals surface area contributed by atoms with E-state index in [1.165, 1.54) is 13.2 Å². The van der Waals surface area contributed by atoms with Crippen molar-refractivity contribution in [2.45, 2.75) is 11.5 Å². The summed E-state index contributed by atoms with van der Waals surface area (Å²) >= 11 is 0. The second-order valence-electron chi connectivity index (χ2n) is 3.24. The van der Waals surface area contributed by atoms with Gasteiger partial charge in [-0.25, -0.2) is 23.0 Å². The smallest absolute Gasteiger partial charge is 0.337 e. The molecular formula is C10H11O7S-. The van der Waals surface area contributed by atoms with E-state index in [-0.39, 0.29) is 12.2 Å². The fraction of sp³-hybridized carbons (Fsp3) is 0.300. The van der Waals surface area contributed by atoms with Crippen LogP contribution in [0, 0.1) is 0 Å². The number of hydrogen-bond donors (Lipinski definition) is 0. The minimum absolute atomic E-state index is 0.0517. The Hall–Kier alpha value is -1.48. The summed E-state index contributed by atoms with van der Waals surface area (Å²) in [5.41, 5.74) is 0.248. The summed E-state index contributed by atoms with van der Waals surface area (Å²) < 4.78 is 37.3. The van der Waals surface area contributed by atoms with E-state index in [0.29, 0.717) is 5.56 Å². The number of benzene rings is 1. The highest BCUT2D eigenvalue weighted by atomic mass is 32.2. The van der Waals surface area contributed by atoms with Crippen molar-refractivity contribution >= 4 is 16.1 Å². The summed E-state index contributed by atoms with van der Waals surface area (Å²) in [6.45, 7) is -0.107. The third-order valence-electron chi connectivity index (χ3n) is 2.02. The van der Waals surface area contributed by atoms with Crippen molar-refractivity contribution in [3.05, 3.63) is 29.3 Å². The molecule has 0 fully saturated rings. The number of carbonyl (C=O) groups is 1. The molecule has 1 rings (SSSR count). The number of hydrogen-bond acceptors (Lipinski definition) is 7. The molecule has 1 aromatic carbocycles. The van der Waals surface area contributed by atoms with E-state index in [4.69, 9.17) is 0 Å². The molecular weight excluding hydrogens is 264 g/mol.